The largest absolute Gasteiger partial charge is 0.458 e. The third-order valence-electron chi connectivity index (χ3n) is 12.1. The van der Waals surface area contributed by atoms with Crippen LogP contribution in [0.3, 0.4) is 0 Å². The predicted molar refractivity (Wildman–Crippen MR) is 138 cm³/mol. The van der Waals surface area contributed by atoms with Crippen LogP contribution in [0.1, 0.15) is 78.1 Å². The Balaban J connectivity index is 1.21. The number of aliphatic hydroxyl groups excluding tert-OH is 1. The summed E-state index contributed by atoms with van der Waals surface area (Å²) in [6, 6.07) is 0. The van der Waals surface area contributed by atoms with E-state index in [9.17, 15) is 24.9 Å². The van der Waals surface area contributed by atoms with Gasteiger partial charge in [0.1, 0.15) is 19.0 Å². The van der Waals surface area contributed by atoms with Gasteiger partial charge >= 0.3 is 5.97 Å². The molecule has 0 aromatic carbocycles. The van der Waals surface area contributed by atoms with Gasteiger partial charge in [0.25, 0.3) is 0 Å². The molecule has 6 rings (SSSR count). The maximum atomic E-state index is 13.0. The van der Waals surface area contributed by atoms with Crippen LogP contribution < -0.4 is 0 Å². The lowest BCUT2D eigenvalue weighted by molar-refractivity contribution is -0.287. The number of methoxy groups -OCH3 is 1. The Bertz CT molecular complexity index is 1030. The third-order valence-corrected chi connectivity index (χ3v) is 12.1. The summed E-state index contributed by atoms with van der Waals surface area (Å²) in [5, 5.41) is 34.8. The molecule has 0 aromatic heterocycles. The number of rotatable bonds is 5. The Labute approximate surface area is 230 Å². The topological polar surface area (TPSA) is 132 Å². The number of carbonyl (C=O) groups is 2. The van der Waals surface area contributed by atoms with E-state index in [2.05, 4.69) is 6.92 Å². The molecule has 0 bridgehead atoms. The maximum Gasteiger partial charge on any atom is 0.331 e. The SMILES string of the molecule is CO[C@@H]1C[C@@H](O[C@@H]2CC[C@@]3(C=O)[C@@H]4CC[C@@]5(C)[C@H](C6=CC(=O)OC6)CC[C@@]5(O)[C@H]4CC[C@@]3(O)C2)O[C@@H](C)[C@@H]1O. The Hall–Kier alpha value is -1.36. The molecule has 2 aliphatic heterocycles. The van der Waals surface area contributed by atoms with E-state index in [-0.39, 0.29) is 35.9 Å². The number of cyclic esters (lactones) is 1. The molecule has 3 N–H and O–H groups in total. The van der Waals surface area contributed by atoms with Crippen molar-refractivity contribution in [3.8, 4) is 0 Å². The first-order valence-electron chi connectivity index (χ1n) is 14.8. The van der Waals surface area contributed by atoms with E-state index >= 15 is 0 Å². The number of aldehydes is 1. The Morgan fingerprint density at radius 1 is 1.08 bits per heavy atom. The summed E-state index contributed by atoms with van der Waals surface area (Å²) in [7, 11) is 1.57. The fourth-order valence-corrected chi connectivity index (χ4v) is 9.98. The van der Waals surface area contributed by atoms with Crippen LogP contribution in [0.5, 0.6) is 0 Å². The van der Waals surface area contributed by atoms with Gasteiger partial charge in [-0.15, -0.1) is 0 Å². The highest BCUT2D eigenvalue weighted by atomic mass is 16.7. The molecule has 5 fully saturated rings. The number of fused-ring (bicyclic) bond motifs is 5. The summed E-state index contributed by atoms with van der Waals surface area (Å²) in [5.74, 6) is -0.420. The highest BCUT2D eigenvalue weighted by molar-refractivity contribution is 5.85. The number of carbonyl (C=O) groups excluding carboxylic acids is 2. The predicted octanol–water partition coefficient (Wildman–Crippen LogP) is 2.43. The average Bonchev–Trinajstić information content (AvgIpc) is 3.45. The summed E-state index contributed by atoms with van der Waals surface area (Å²) >= 11 is 0. The van der Waals surface area contributed by atoms with Crippen molar-refractivity contribution in [3.63, 3.8) is 0 Å². The van der Waals surface area contributed by atoms with Crippen LogP contribution >= 0.6 is 0 Å². The minimum Gasteiger partial charge on any atom is -0.458 e. The second kappa shape index (κ2) is 9.60. The van der Waals surface area contributed by atoms with Gasteiger partial charge < -0.3 is 39.1 Å². The number of esters is 1. The molecule has 0 unspecified atom stereocenters. The number of aliphatic hydroxyl groups is 3. The van der Waals surface area contributed by atoms with Crippen molar-refractivity contribution in [1.82, 2.24) is 0 Å². The molecule has 6 aliphatic rings. The van der Waals surface area contributed by atoms with Crippen LogP contribution in [-0.2, 0) is 28.5 Å². The summed E-state index contributed by atoms with van der Waals surface area (Å²) in [4.78, 5) is 24.8. The van der Waals surface area contributed by atoms with Crippen molar-refractivity contribution in [3.05, 3.63) is 11.6 Å². The molecule has 1 saturated heterocycles. The molecule has 0 aromatic rings. The summed E-state index contributed by atoms with van der Waals surface area (Å²) in [5.41, 5.74) is -2.52. The van der Waals surface area contributed by atoms with E-state index in [0.717, 1.165) is 31.1 Å². The van der Waals surface area contributed by atoms with Gasteiger partial charge in [-0.3, -0.25) is 0 Å². The Morgan fingerprint density at radius 3 is 2.54 bits per heavy atom. The van der Waals surface area contributed by atoms with E-state index in [1.54, 1.807) is 20.1 Å². The average molecular weight is 549 g/mol. The standard InChI is InChI=1S/C30H44O9/c1-17-26(33)23(36-3)13-25(38-17)39-19-4-9-28(16-31)21-5-8-27(2)20(18-12-24(32)37-15-18)7-11-30(27,35)22(21)6-10-29(28,34)14-19/h12,16-17,19-23,25-26,33-35H,4-11,13-15H2,1-3H3/t17-,19+,20-,21+,22-,23+,25+,26-,27-,28+,29+,30+/m0/s1. The van der Waals surface area contributed by atoms with E-state index in [4.69, 9.17) is 18.9 Å². The zero-order valence-electron chi connectivity index (χ0n) is 23.3. The van der Waals surface area contributed by atoms with Crippen molar-refractivity contribution in [2.45, 2.75) is 120 Å². The summed E-state index contributed by atoms with van der Waals surface area (Å²) < 4.78 is 22.9. The highest BCUT2D eigenvalue weighted by Crippen LogP contribution is 2.70. The van der Waals surface area contributed by atoms with Crippen LogP contribution in [-0.4, -0.2) is 83.2 Å². The van der Waals surface area contributed by atoms with Crippen molar-refractivity contribution in [2.24, 2.45) is 28.6 Å². The van der Waals surface area contributed by atoms with Crippen molar-refractivity contribution < 1.29 is 43.9 Å². The van der Waals surface area contributed by atoms with Gasteiger partial charge in [0, 0.05) is 31.4 Å². The monoisotopic (exact) mass is 548 g/mol. The van der Waals surface area contributed by atoms with Gasteiger partial charge in [0.05, 0.1) is 34.9 Å². The van der Waals surface area contributed by atoms with Crippen LogP contribution in [0, 0.1) is 28.6 Å². The van der Waals surface area contributed by atoms with E-state index < -0.39 is 40.5 Å². The van der Waals surface area contributed by atoms with Gasteiger partial charge in [0.2, 0.25) is 0 Å². The van der Waals surface area contributed by atoms with Crippen LogP contribution in [0.25, 0.3) is 0 Å². The number of hydrogen-bond acceptors (Lipinski definition) is 9. The zero-order chi connectivity index (χ0) is 27.8. The summed E-state index contributed by atoms with van der Waals surface area (Å²) in [6.45, 7) is 4.25. The van der Waals surface area contributed by atoms with Crippen LogP contribution in [0.15, 0.2) is 11.6 Å². The quantitative estimate of drug-likeness (QED) is 0.269. The molecule has 12 atom stereocenters. The molecule has 0 radical (unpaired) electrons. The molecule has 218 valence electrons. The number of hydrogen-bond donors (Lipinski definition) is 3. The highest BCUT2D eigenvalue weighted by Gasteiger charge is 2.71. The van der Waals surface area contributed by atoms with Gasteiger partial charge in [-0.05, 0) is 81.6 Å². The maximum absolute atomic E-state index is 13.0. The molecule has 9 heteroatoms. The molecule has 39 heavy (non-hydrogen) atoms. The van der Waals surface area contributed by atoms with E-state index in [1.807, 2.05) is 0 Å². The molecular weight excluding hydrogens is 504 g/mol. The smallest absolute Gasteiger partial charge is 0.331 e. The molecule has 9 nitrogen and oxygen atoms in total. The molecule has 4 aliphatic carbocycles. The normalized spacial score (nSPS) is 53.3. The number of ether oxygens (including phenoxy) is 4. The van der Waals surface area contributed by atoms with Crippen molar-refractivity contribution >= 4 is 12.3 Å². The van der Waals surface area contributed by atoms with Crippen LogP contribution in [0.2, 0.25) is 0 Å². The summed E-state index contributed by atoms with van der Waals surface area (Å²) in [6.07, 6.45) is 6.10. The van der Waals surface area contributed by atoms with Gasteiger partial charge in [-0.2, -0.15) is 0 Å². The van der Waals surface area contributed by atoms with Gasteiger partial charge in [-0.25, -0.2) is 4.79 Å². The molecular formula is C30H44O9. The first-order valence-corrected chi connectivity index (χ1v) is 14.8. The Kier molecular flexibility index (Phi) is 6.84. The second-order valence-corrected chi connectivity index (χ2v) is 13.5. The fraction of sp³-hybridized carbons (Fsp3) is 0.867. The minimum atomic E-state index is -1.21. The van der Waals surface area contributed by atoms with Crippen molar-refractivity contribution in [1.29, 1.82) is 0 Å². The Morgan fingerprint density at radius 2 is 1.85 bits per heavy atom. The molecule has 4 saturated carbocycles. The molecule has 0 spiro atoms. The third kappa shape index (κ3) is 3.94. The fourth-order valence-electron chi connectivity index (χ4n) is 9.98. The van der Waals surface area contributed by atoms with E-state index in [1.165, 1.54) is 0 Å². The zero-order valence-corrected chi connectivity index (χ0v) is 23.3. The lowest BCUT2D eigenvalue weighted by atomic mass is 9.41. The lowest BCUT2D eigenvalue weighted by Crippen LogP contribution is -2.69. The van der Waals surface area contributed by atoms with Crippen LogP contribution in [0.4, 0.5) is 0 Å². The van der Waals surface area contributed by atoms with Gasteiger partial charge in [-0.1, -0.05) is 6.92 Å². The van der Waals surface area contributed by atoms with Gasteiger partial charge in [0.15, 0.2) is 6.29 Å². The molecule has 0 amide bonds. The first-order chi connectivity index (χ1) is 18.5. The second-order valence-electron chi connectivity index (χ2n) is 13.5. The minimum absolute atomic E-state index is 0.0827. The van der Waals surface area contributed by atoms with Crippen molar-refractivity contribution in [2.75, 3.05) is 13.7 Å². The lowest BCUT2D eigenvalue weighted by Gasteiger charge is -2.65. The van der Waals surface area contributed by atoms with E-state index in [0.29, 0.717) is 51.6 Å². The molecule has 2 heterocycles. The first kappa shape index (κ1) is 27.8.